The molecule has 1 aliphatic rings. The normalized spacial score (nSPS) is 18.5. The Kier molecular flexibility index (Phi) is 4.19. The first-order valence-corrected chi connectivity index (χ1v) is 7.49. The smallest absolute Gasteiger partial charge is 0.289 e. The number of aromatic nitrogens is 2. The van der Waals surface area contributed by atoms with Crippen LogP contribution in [0.5, 0.6) is 5.88 Å². The molecule has 1 aliphatic heterocycles. The zero-order chi connectivity index (χ0) is 14.7. The molecule has 2 aromatic heterocycles. The molecule has 0 aromatic carbocycles. The van der Waals surface area contributed by atoms with Crippen molar-refractivity contribution < 1.29 is 13.9 Å². The number of ether oxygens (including phenoxy) is 1. The molecule has 3 heterocycles. The summed E-state index contributed by atoms with van der Waals surface area (Å²) in [5.74, 6) is 0.702. The van der Waals surface area contributed by atoms with Gasteiger partial charge in [0.2, 0.25) is 5.88 Å². The Morgan fingerprint density at radius 3 is 3.05 bits per heavy atom. The van der Waals surface area contributed by atoms with Crippen molar-refractivity contribution in [3.05, 3.63) is 41.2 Å². The summed E-state index contributed by atoms with van der Waals surface area (Å²) < 4.78 is 11.6. The summed E-state index contributed by atoms with van der Waals surface area (Å²) in [6.07, 6.45) is 6.46. The van der Waals surface area contributed by atoms with Crippen molar-refractivity contribution in [3.8, 4) is 5.88 Å². The number of piperidine rings is 1. The number of halogens is 1. The lowest BCUT2D eigenvalue weighted by molar-refractivity contribution is 0.0498. The molecule has 3 rings (SSSR count). The van der Waals surface area contributed by atoms with Crippen LogP contribution in [0.25, 0.3) is 0 Å². The molecule has 0 N–H and O–H groups in total. The first kappa shape index (κ1) is 14.1. The molecule has 1 amide bonds. The number of carbonyl (C=O) groups is 1. The summed E-state index contributed by atoms with van der Waals surface area (Å²) in [6.45, 7) is 1.23. The van der Waals surface area contributed by atoms with Gasteiger partial charge in [-0.15, -0.1) is 0 Å². The number of rotatable bonds is 3. The molecule has 1 atom stereocenters. The molecule has 110 valence electrons. The predicted octanol–water partition coefficient (Wildman–Crippen LogP) is 2.52. The Labute approximate surface area is 130 Å². The van der Waals surface area contributed by atoms with E-state index >= 15 is 0 Å². The molecule has 1 fully saturated rings. The molecule has 1 unspecified atom stereocenters. The molecule has 0 radical (unpaired) electrons. The van der Waals surface area contributed by atoms with Crippen molar-refractivity contribution in [1.29, 1.82) is 0 Å². The highest BCUT2D eigenvalue weighted by Gasteiger charge is 2.27. The van der Waals surface area contributed by atoms with Crippen molar-refractivity contribution >= 4 is 21.8 Å². The third-order valence-electron chi connectivity index (χ3n) is 3.28. The summed E-state index contributed by atoms with van der Waals surface area (Å²) >= 11 is 3.20. The lowest BCUT2D eigenvalue weighted by atomic mass is 10.1. The summed E-state index contributed by atoms with van der Waals surface area (Å²) in [7, 11) is 0. The topological polar surface area (TPSA) is 68.5 Å². The molecule has 21 heavy (non-hydrogen) atoms. The van der Waals surface area contributed by atoms with Gasteiger partial charge in [0.15, 0.2) is 10.4 Å². The standard InChI is InChI=1S/C14H14BrN3O3/c15-12-4-3-11(21-12)14(19)18-7-1-2-10(9-18)20-13-8-16-5-6-17-13/h3-6,8,10H,1-2,7,9H2. The third-order valence-corrected chi connectivity index (χ3v) is 3.70. The minimum Gasteiger partial charge on any atom is -0.471 e. The van der Waals surface area contributed by atoms with Crippen molar-refractivity contribution in [2.24, 2.45) is 0 Å². The van der Waals surface area contributed by atoms with Crippen molar-refractivity contribution in [2.75, 3.05) is 13.1 Å². The van der Waals surface area contributed by atoms with E-state index in [9.17, 15) is 4.79 Å². The molecule has 1 saturated heterocycles. The van der Waals surface area contributed by atoms with E-state index in [0.717, 1.165) is 12.8 Å². The van der Waals surface area contributed by atoms with E-state index in [0.29, 0.717) is 29.4 Å². The quantitative estimate of drug-likeness (QED) is 0.849. The highest BCUT2D eigenvalue weighted by Crippen LogP contribution is 2.20. The fourth-order valence-corrected chi connectivity index (χ4v) is 2.63. The van der Waals surface area contributed by atoms with Gasteiger partial charge < -0.3 is 14.1 Å². The average Bonchev–Trinajstić information content (AvgIpc) is 2.94. The fourth-order valence-electron chi connectivity index (χ4n) is 2.32. The van der Waals surface area contributed by atoms with Crippen LogP contribution in [0.2, 0.25) is 0 Å². The van der Waals surface area contributed by atoms with Crippen molar-refractivity contribution in [1.82, 2.24) is 14.9 Å². The number of hydrogen-bond acceptors (Lipinski definition) is 5. The number of nitrogens with zero attached hydrogens (tertiary/aromatic N) is 3. The zero-order valence-corrected chi connectivity index (χ0v) is 12.8. The molecule has 0 saturated carbocycles. The fraction of sp³-hybridized carbons (Fsp3) is 0.357. The Morgan fingerprint density at radius 2 is 2.33 bits per heavy atom. The van der Waals surface area contributed by atoms with Crippen LogP contribution in [0.3, 0.4) is 0 Å². The Morgan fingerprint density at radius 1 is 1.43 bits per heavy atom. The summed E-state index contributed by atoms with van der Waals surface area (Å²) in [4.78, 5) is 22.1. The molecule has 7 heteroatoms. The molecule has 0 bridgehead atoms. The number of furan rings is 1. The van der Waals surface area contributed by atoms with Crippen LogP contribution < -0.4 is 4.74 Å². The zero-order valence-electron chi connectivity index (χ0n) is 11.2. The van der Waals surface area contributed by atoms with Crippen molar-refractivity contribution in [3.63, 3.8) is 0 Å². The van der Waals surface area contributed by atoms with E-state index in [1.165, 1.54) is 0 Å². The maximum atomic E-state index is 12.3. The molecule has 2 aromatic rings. The van der Waals surface area contributed by atoms with Gasteiger partial charge in [-0.1, -0.05) is 0 Å². The molecular weight excluding hydrogens is 338 g/mol. The van der Waals surface area contributed by atoms with E-state index in [4.69, 9.17) is 9.15 Å². The first-order valence-electron chi connectivity index (χ1n) is 6.69. The Hall–Kier alpha value is -1.89. The molecule has 0 aliphatic carbocycles. The van der Waals surface area contributed by atoms with Crippen LogP contribution in [0.4, 0.5) is 0 Å². The highest BCUT2D eigenvalue weighted by atomic mass is 79.9. The van der Waals surface area contributed by atoms with Crippen LogP contribution in [0.15, 0.2) is 39.8 Å². The summed E-state index contributed by atoms with van der Waals surface area (Å²) in [5.41, 5.74) is 0. The van der Waals surface area contributed by atoms with Gasteiger partial charge in [0.05, 0.1) is 12.7 Å². The van der Waals surface area contributed by atoms with Gasteiger partial charge in [0.1, 0.15) is 6.10 Å². The van der Waals surface area contributed by atoms with Gasteiger partial charge in [-0.05, 0) is 40.9 Å². The Bertz CT molecular complexity index is 617. The predicted molar refractivity (Wildman–Crippen MR) is 78.0 cm³/mol. The SMILES string of the molecule is O=C(c1ccc(Br)o1)N1CCCC(Oc2cnccn2)C1. The van der Waals surface area contributed by atoms with E-state index in [2.05, 4.69) is 25.9 Å². The molecule has 6 nitrogen and oxygen atoms in total. The number of carbonyl (C=O) groups excluding carboxylic acids is 1. The monoisotopic (exact) mass is 351 g/mol. The largest absolute Gasteiger partial charge is 0.471 e. The van der Waals surface area contributed by atoms with Gasteiger partial charge in [-0.3, -0.25) is 9.78 Å². The van der Waals surface area contributed by atoms with Gasteiger partial charge in [-0.25, -0.2) is 4.98 Å². The number of hydrogen-bond donors (Lipinski definition) is 0. The molecular formula is C14H14BrN3O3. The average molecular weight is 352 g/mol. The number of amides is 1. The van der Waals surface area contributed by atoms with E-state index in [1.54, 1.807) is 35.6 Å². The minimum atomic E-state index is -0.117. The van der Waals surface area contributed by atoms with Crippen molar-refractivity contribution in [2.45, 2.75) is 18.9 Å². The lowest BCUT2D eigenvalue weighted by Gasteiger charge is -2.31. The Balaban J connectivity index is 1.64. The van der Waals surface area contributed by atoms with Crippen LogP contribution in [-0.4, -0.2) is 40.0 Å². The van der Waals surface area contributed by atoms with Gasteiger partial charge in [0.25, 0.3) is 5.91 Å². The van der Waals surface area contributed by atoms with E-state index in [1.807, 2.05) is 0 Å². The summed E-state index contributed by atoms with van der Waals surface area (Å²) in [5, 5.41) is 0. The van der Waals surface area contributed by atoms with Crippen LogP contribution >= 0.6 is 15.9 Å². The second-order valence-corrected chi connectivity index (χ2v) is 5.56. The van der Waals surface area contributed by atoms with Gasteiger partial charge >= 0.3 is 0 Å². The number of likely N-dealkylation sites (tertiary alicyclic amines) is 1. The highest BCUT2D eigenvalue weighted by molar-refractivity contribution is 9.10. The maximum absolute atomic E-state index is 12.3. The van der Waals surface area contributed by atoms with Crippen LogP contribution in [-0.2, 0) is 0 Å². The van der Waals surface area contributed by atoms with Gasteiger partial charge in [0, 0.05) is 18.9 Å². The second kappa shape index (κ2) is 6.26. The first-order chi connectivity index (χ1) is 10.2. The van der Waals surface area contributed by atoms with E-state index in [-0.39, 0.29) is 12.0 Å². The third kappa shape index (κ3) is 3.41. The lowest BCUT2D eigenvalue weighted by Crippen LogP contribution is -2.44. The summed E-state index contributed by atoms with van der Waals surface area (Å²) in [6, 6.07) is 3.38. The van der Waals surface area contributed by atoms with E-state index < -0.39 is 0 Å². The molecule has 0 spiro atoms. The van der Waals surface area contributed by atoms with Gasteiger partial charge in [-0.2, -0.15) is 0 Å². The van der Waals surface area contributed by atoms with Crippen LogP contribution in [0.1, 0.15) is 23.4 Å². The maximum Gasteiger partial charge on any atom is 0.289 e. The second-order valence-electron chi connectivity index (χ2n) is 4.78. The van der Waals surface area contributed by atoms with Crippen LogP contribution in [0, 0.1) is 0 Å². The minimum absolute atomic E-state index is 0.0715.